The van der Waals surface area contributed by atoms with Crippen molar-refractivity contribution >= 4 is 35.1 Å². The van der Waals surface area contributed by atoms with Gasteiger partial charge in [0.1, 0.15) is 0 Å². The zero-order valence-corrected chi connectivity index (χ0v) is 21.9. The minimum absolute atomic E-state index is 0.0432. The maximum atomic E-state index is 12.7. The molecule has 2 aliphatic heterocycles. The van der Waals surface area contributed by atoms with E-state index in [2.05, 4.69) is 22.5 Å². The average Bonchev–Trinajstić information content (AvgIpc) is 3.51. The van der Waals surface area contributed by atoms with Crippen molar-refractivity contribution < 1.29 is 14.4 Å². The van der Waals surface area contributed by atoms with Crippen LogP contribution in [0.5, 0.6) is 0 Å². The van der Waals surface area contributed by atoms with Crippen molar-refractivity contribution in [2.75, 3.05) is 44.6 Å². The Morgan fingerprint density at radius 3 is 2.49 bits per heavy atom. The highest BCUT2D eigenvalue weighted by Crippen LogP contribution is 2.29. The van der Waals surface area contributed by atoms with Crippen LogP contribution in [0.25, 0.3) is 0 Å². The third-order valence-corrected chi connectivity index (χ3v) is 7.78. The van der Waals surface area contributed by atoms with Gasteiger partial charge in [-0.1, -0.05) is 11.6 Å². The van der Waals surface area contributed by atoms with Crippen molar-refractivity contribution in [2.24, 2.45) is 11.8 Å². The standard InChI is InChI=1S/C26H38ClN5O3/c1-17-14-30(8-9-32(17)26(35)28-13-20-4-5-20)16-22-11-23(27)12-24(18(22)2)29-25(34)10-21-6-7-31(15-21)19(3)33/h11-12,17,20-21H,4-10,13-16H2,1-3H3,(H,28,35)(H,29,34)/t17-,21?/m0/s1. The number of nitrogens with zero attached hydrogens (tertiary/aromatic N) is 3. The fraction of sp³-hybridized carbons (Fsp3) is 0.654. The molecule has 3 fully saturated rings. The second-order valence-electron chi connectivity index (χ2n) is 10.5. The van der Waals surface area contributed by atoms with E-state index in [1.165, 1.54) is 12.8 Å². The molecule has 1 aliphatic carbocycles. The molecule has 1 aromatic rings. The first-order chi connectivity index (χ1) is 16.7. The number of urea groups is 1. The van der Waals surface area contributed by atoms with Crippen molar-refractivity contribution in [3.05, 3.63) is 28.3 Å². The van der Waals surface area contributed by atoms with Gasteiger partial charge in [-0.3, -0.25) is 14.5 Å². The number of rotatable bonds is 7. The summed E-state index contributed by atoms with van der Waals surface area (Å²) in [4.78, 5) is 42.9. The third kappa shape index (κ3) is 6.88. The van der Waals surface area contributed by atoms with Crippen LogP contribution in [0.3, 0.4) is 0 Å². The molecule has 4 rings (SSSR count). The number of carbonyl (C=O) groups excluding carboxylic acids is 3. The lowest BCUT2D eigenvalue weighted by atomic mass is 10.0. The molecule has 3 aliphatic rings. The van der Waals surface area contributed by atoms with Crippen LogP contribution in [0, 0.1) is 18.8 Å². The minimum atomic E-state index is -0.0452. The van der Waals surface area contributed by atoms with E-state index in [0.717, 1.165) is 49.4 Å². The zero-order valence-electron chi connectivity index (χ0n) is 21.1. The fourth-order valence-electron chi connectivity index (χ4n) is 5.15. The predicted octanol–water partition coefficient (Wildman–Crippen LogP) is 3.47. The van der Waals surface area contributed by atoms with E-state index in [1.807, 2.05) is 17.9 Å². The maximum absolute atomic E-state index is 12.7. The second kappa shape index (κ2) is 11.2. The van der Waals surface area contributed by atoms with E-state index in [-0.39, 0.29) is 29.8 Å². The number of carbonyl (C=O) groups is 3. The number of likely N-dealkylation sites (tertiary alicyclic amines) is 1. The van der Waals surface area contributed by atoms with E-state index in [1.54, 1.807) is 17.9 Å². The van der Waals surface area contributed by atoms with Crippen LogP contribution in [0.15, 0.2) is 12.1 Å². The van der Waals surface area contributed by atoms with Crippen molar-refractivity contribution in [3.63, 3.8) is 0 Å². The SMILES string of the molecule is CC(=O)N1CCC(CC(=O)Nc2cc(Cl)cc(CN3CCN(C(=O)NCC4CC4)[C@@H](C)C3)c2C)C1. The van der Waals surface area contributed by atoms with Crippen LogP contribution >= 0.6 is 11.6 Å². The Morgan fingerprint density at radius 2 is 1.83 bits per heavy atom. The van der Waals surface area contributed by atoms with E-state index in [9.17, 15) is 14.4 Å². The zero-order chi connectivity index (χ0) is 25.1. The lowest BCUT2D eigenvalue weighted by Gasteiger charge is -2.40. The Balaban J connectivity index is 1.31. The lowest BCUT2D eigenvalue weighted by molar-refractivity contribution is -0.128. The summed E-state index contributed by atoms with van der Waals surface area (Å²) in [6.07, 6.45) is 3.71. The summed E-state index contributed by atoms with van der Waals surface area (Å²) in [6, 6.07) is 3.94. The van der Waals surface area contributed by atoms with Crippen molar-refractivity contribution in [3.8, 4) is 0 Å². The molecule has 0 spiro atoms. The smallest absolute Gasteiger partial charge is 0.317 e. The van der Waals surface area contributed by atoms with Gasteiger partial charge in [-0.2, -0.15) is 0 Å². The van der Waals surface area contributed by atoms with E-state index >= 15 is 0 Å². The van der Waals surface area contributed by atoms with Gasteiger partial charge < -0.3 is 20.4 Å². The summed E-state index contributed by atoms with van der Waals surface area (Å²) in [7, 11) is 0. The summed E-state index contributed by atoms with van der Waals surface area (Å²) in [6.45, 7) is 10.8. The second-order valence-corrected chi connectivity index (χ2v) is 11.0. The molecule has 35 heavy (non-hydrogen) atoms. The maximum Gasteiger partial charge on any atom is 0.317 e. The first-order valence-corrected chi connectivity index (χ1v) is 13.2. The van der Waals surface area contributed by atoms with Crippen LogP contribution in [-0.2, 0) is 16.1 Å². The molecule has 2 saturated heterocycles. The van der Waals surface area contributed by atoms with Crippen molar-refractivity contribution in [1.82, 2.24) is 20.0 Å². The van der Waals surface area contributed by atoms with Gasteiger partial charge in [0.25, 0.3) is 0 Å². The molecule has 1 aromatic carbocycles. The number of halogens is 1. The van der Waals surface area contributed by atoms with E-state index < -0.39 is 0 Å². The monoisotopic (exact) mass is 503 g/mol. The van der Waals surface area contributed by atoms with Crippen LogP contribution in [0.1, 0.15) is 50.7 Å². The number of amides is 4. The van der Waals surface area contributed by atoms with Gasteiger partial charge in [-0.25, -0.2) is 4.79 Å². The van der Waals surface area contributed by atoms with Gasteiger partial charge in [0.2, 0.25) is 11.8 Å². The Hall–Kier alpha value is -2.32. The highest BCUT2D eigenvalue weighted by atomic mass is 35.5. The summed E-state index contributed by atoms with van der Waals surface area (Å²) in [5.74, 6) is 0.884. The minimum Gasteiger partial charge on any atom is -0.343 e. The molecule has 192 valence electrons. The van der Waals surface area contributed by atoms with Gasteiger partial charge in [0, 0.05) is 75.9 Å². The van der Waals surface area contributed by atoms with E-state index in [4.69, 9.17) is 11.6 Å². The Morgan fingerprint density at radius 1 is 1.06 bits per heavy atom. The predicted molar refractivity (Wildman–Crippen MR) is 137 cm³/mol. The van der Waals surface area contributed by atoms with Crippen molar-refractivity contribution in [2.45, 2.75) is 59.0 Å². The molecule has 1 saturated carbocycles. The van der Waals surface area contributed by atoms with Gasteiger partial charge in [0.05, 0.1) is 0 Å². The molecule has 0 aromatic heterocycles. The largest absolute Gasteiger partial charge is 0.343 e. The molecule has 1 unspecified atom stereocenters. The van der Waals surface area contributed by atoms with Crippen LogP contribution in [0.4, 0.5) is 10.5 Å². The summed E-state index contributed by atoms with van der Waals surface area (Å²) >= 11 is 6.43. The average molecular weight is 504 g/mol. The highest BCUT2D eigenvalue weighted by molar-refractivity contribution is 6.31. The molecule has 4 amide bonds. The number of benzene rings is 1. The number of hydrogen-bond acceptors (Lipinski definition) is 4. The first-order valence-electron chi connectivity index (χ1n) is 12.8. The Bertz CT molecular complexity index is 967. The van der Waals surface area contributed by atoms with Gasteiger partial charge in [0.15, 0.2) is 0 Å². The molecule has 2 heterocycles. The summed E-state index contributed by atoms with van der Waals surface area (Å²) < 4.78 is 0. The number of anilines is 1. The van der Waals surface area contributed by atoms with Gasteiger partial charge >= 0.3 is 6.03 Å². The van der Waals surface area contributed by atoms with Crippen molar-refractivity contribution in [1.29, 1.82) is 0 Å². The van der Waals surface area contributed by atoms with Crippen LogP contribution in [0.2, 0.25) is 5.02 Å². The van der Waals surface area contributed by atoms with Crippen LogP contribution in [-0.4, -0.2) is 77.9 Å². The number of nitrogens with one attached hydrogen (secondary N) is 2. The normalized spacial score (nSPS) is 22.9. The molecular weight excluding hydrogens is 466 g/mol. The quantitative estimate of drug-likeness (QED) is 0.596. The Kier molecular flexibility index (Phi) is 8.22. The van der Waals surface area contributed by atoms with Gasteiger partial charge in [-0.05, 0) is 68.2 Å². The summed E-state index contributed by atoms with van der Waals surface area (Å²) in [5.41, 5.74) is 2.83. The first kappa shape index (κ1) is 25.8. The molecule has 9 heteroatoms. The molecule has 0 bridgehead atoms. The number of piperazine rings is 1. The van der Waals surface area contributed by atoms with Gasteiger partial charge in [-0.15, -0.1) is 0 Å². The van der Waals surface area contributed by atoms with E-state index in [0.29, 0.717) is 37.0 Å². The number of hydrogen-bond donors (Lipinski definition) is 2. The topological polar surface area (TPSA) is 85.0 Å². The molecule has 2 atom stereocenters. The molecule has 0 radical (unpaired) electrons. The lowest BCUT2D eigenvalue weighted by Crippen LogP contribution is -2.56. The molecule has 8 nitrogen and oxygen atoms in total. The molecular formula is C26H38ClN5O3. The third-order valence-electron chi connectivity index (χ3n) is 7.56. The van der Waals surface area contributed by atoms with Crippen LogP contribution < -0.4 is 10.6 Å². The summed E-state index contributed by atoms with van der Waals surface area (Å²) in [5, 5.41) is 6.72. The Labute approximate surface area is 213 Å². The molecule has 2 N–H and O–H groups in total. The highest BCUT2D eigenvalue weighted by Gasteiger charge is 2.30. The fourth-order valence-corrected chi connectivity index (χ4v) is 5.39.